The summed E-state index contributed by atoms with van der Waals surface area (Å²) in [7, 11) is 0. The summed E-state index contributed by atoms with van der Waals surface area (Å²) in [6.45, 7) is 5.03. The van der Waals surface area contributed by atoms with Gasteiger partial charge in [0.15, 0.2) is 5.82 Å². The van der Waals surface area contributed by atoms with E-state index in [0.717, 1.165) is 17.7 Å². The number of hydrogen-bond donors (Lipinski definition) is 1. The Bertz CT molecular complexity index is 976. The van der Waals surface area contributed by atoms with Gasteiger partial charge in [0.1, 0.15) is 11.6 Å². The maximum atomic E-state index is 14.1. The lowest BCUT2D eigenvalue weighted by Gasteiger charge is -2.08. The summed E-state index contributed by atoms with van der Waals surface area (Å²) in [6.07, 6.45) is 2.66. The highest BCUT2D eigenvalue weighted by atomic mass is 32.1. The lowest BCUT2D eigenvalue weighted by molar-refractivity contribution is 0.289. The van der Waals surface area contributed by atoms with E-state index in [-0.39, 0.29) is 10.6 Å². The van der Waals surface area contributed by atoms with E-state index in [1.807, 2.05) is 24.3 Å². The van der Waals surface area contributed by atoms with Crippen LogP contribution in [0.5, 0.6) is 5.75 Å². The molecule has 0 spiro atoms. The number of aromatic amines is 1. The molecule has 0 amide bonds. The van der Waals surface area contributed by atoms with Gasteiger partial charge in [-0.2, -0.15) is 14.9 Å². The van der Waals surface area contributed by atoms with Crippen molar-refractivity contribution in [2.45, 2.75) is 20.3 Å². The molecule has 0 unspecified atom stereocenters. The lowest BCUT2D eigenvalue weighted by Crippen LogP contribution is -2.01. The molecule has 0 aliphatic rings. The molecule has 0 aliphatic heterocycles. The molecule has 0 radical (unpaired) electrons. The molecule has 2 aromatic carbocycles. The van der Waals surface area contributed by atoms with Gasteiger partial charge >= 0.3 is 0 Å². The van der Waals surface area contributed by atoms with Crippen LogP contribution in [0.3, 0.4) is 0 Å². The normalized spacial score (nSPS) is 11.4. The van der Waals surface area contributed by atoms with Gasteiger partial charge in [0, 0.05) is 0 Å². The van der Waals surface area contributed by atoms with Crippen LogP contribution in [0, 0.1) is 16.5 Å². The fourth-order valence-electron chi connectivity index (χ4n) is 2.40. The Kier molecular flexibility index (Phi) is 6.13. The molecular weight excluding hydrogens is 363 g/mol. The van der Waals surface area contributed by atoms with Crippen LogP contribution in [0.1, 0.15) is 25.8 Å². The van der Waals surface area contributed by atoms with Crippen LogP contribution in [0.4, 0.5) is 4.39 Å². The number of H-pyrrole nitrogens is 1. The van der Waals surface area contributed by atoms with E-state index < -0.39 is 0 Å². The summed E-state index contributed by atoms with van der Waals surface area (Å²) in [4.78, 5) is 0. The van der Waals surface area contributed by atoms with Crippen LogP contribution in [-0.2, 0) is 0 Å². The second-order valence-corrected chi connectivity index (χ2v) is 6.88. The quantitative estimate of drug-likeness (QED) is 0.458. The molecular formula is C20H21FN4OS. The fraction of sp³-hybridized carbons (Fsp3) is 0.250. The molecule has 7 heteroatoms. The van der Waals surface area contributed by atoms with E-state index in [4.69, 9.17) is 17.0 Å². The maximum absolute atomic E-state index is 14.1. The lowest BCUT2D eigenvalue weighted by atomic mass is 10.1. The number of benzene rings is 2. The Hall–Kier alpha value is -2.80. The highest BCUT2D eigenvalue weighted by Crippen LogP contribution is 2.20. The zero-order valence-corrected chi connectivity index (χ0v) is 16.0. The number of ether oxygens (including phenoxy) is 1. The molecule has 5 nitrogen and oxygen atoms in total. The van der Waals surface area contributed by atoms with Crippen LogP contribution < -0.4 is 4.74 Å². The smallest absolute Gasteiger partial charge is 0.216 e. The maximum Gasteiger partial charge on any atom is 0.216 e. The summed E-state index contributed by atoms with van der Waals surface area (Å²) < 4.78 is 21.5. The predicted molar refractivity (Wildman–Crippen MR) is 107 cm³/mol. The third kappa shape index (κ3) is 4.89. The summed E-state index contributed by atoms with van der Waals surface area (Å²) in [5.41, 5.74) is 1.20. The Morgan fingerprint density at radius 3 is 2.67 bits per heavy atom. The van der Waals surface area contributed by atoms with E-state index in [1.54, 1.807) is 24.4 Å². The average molecular weight is 384 g/mol. The fourth-order valence-corrected chi connectivity index (χ4v) is 2.58. The Morgan fingerprint density at radius 1 is 1.22 bits per heavy atom. The minimum absolute atomic E-state index is 0.290. The molecule has 1 heterocycles. The zero-order valence-electron chi connectivity index (χ0n) is 15.2. The van der Waals surface area contributed by atoms with E-state index >= 15 is 0 Å². The number of hydrogen-bond acceptors (Lipinski definition) is 4. The molecule has 1 N–H and O–H groups in total. The van der Waals surface area contributed by atoms with E-state index in [2.05, 4.69) is 29.1 Å². The molecule has 140 valence electrons. The van der Waals surface area contributed by atoms with Gasteiger partial charge < -0.3 is 4.74 Å². The van der Waals surface area contributed by atoms with Gasteiger partial charge in [0.05, 0.1) is 18.4 Å². The van der Waals surface area contributed by atoms with E-state index in [1.165, 1.54) is 10.7 Å². The molecule has 0 saturated carbocycles. The van der Waals surface area contributed by atoms with Crippen molar-refractivity contribution >= 4 is 18.4 Å². The monoisotopic (exact) mass is 384 g/mol. The molecule has 1 aromatic heterocycles. The van der Waals surface area contributed by atoms with Crippen LogP contribution in [0.25, 0.3) is 11.4 Å². The number of nitrogens with one attached hydrogen (secondary N) is 1. The molecule has 0 fully saturated rings. The van der Waals surface area contributed by atoms with Crippen molar-refractivity contribution < 1.29 is 9.13 Å². The van der Waals surface area contributed by atoms with Crippen LogP contribution >= 0.6 is 12.2 Å². The van der Waals surface area contributed by atoms with Crippen LogP contribution in [0.15, 0.2) is 53.6 Å². The van der Waals surface area contributed by atoms with E-state index in [9.17, 15) is 4.39 Å². The van der Waals surface area contributed by atoms with Crippen molar-refractivity contribution in [1.82, 2.24) is 14.9 Å². The average Bonchev–Trinajstić information content (AvgIpc) is 3.01. The third-order valence-electron chi connectivity index (χ3n) is 3.93. The van der Waals surface area contributed by atoms with Gasteiger partial charge in [-0.1, -0.05) is 26.0 Å². The largest absolute Gasteiger partial charge is 0.494 e. The molecule has 3 rings (SSSR count). The first-order valence-corrected chi connectivity index (χ1v) is 9.15. The van der Waals surface area contributed by atoms with Crippen molar-refractivity contribution in [3.05, 3.63) is 64.7 Å². The topological polar surface area (TPSA) is 55.2 Å². The first-order chi connectivity index (χ1) is 13.0. The Balaban J connectivity index is 1.76. The highest BCUT2D eigenvalue weighted by molar-refractivity contribution is 7.71. The molecule has 0 bridgehead atoms. The van der Waals surface area contributed by atoms with Crippen LogP contribution in [-0.4, -0.2) is 27.7 Å². The van der Waals surface area contributed by atoms with E-state index in [0.29, 0.717) is 23.9 Å². The summed E-state index contributed by atoms with van der Waals surface area (Å²) in [6, 6.07) is 14.0. The number of rotatable bonds is 7. The van der Waals surface area contributed by atoms with Crippen molar-refractivity contribution in [1.29, 1.82) is 0 Å². The molecule has 0 saturated heterocycles. The zero-order chi connectivity index (χ0) is 19.2. The first kappa shape index (κ1) is 19.0. The standard InChI is InChI=1S/C20H21FN4OS/c1-14(2)11-12-26-16-9-7-15(8-10-16)13-22-25-19(23-24-20(25)27)17-5-3-4-6-18(17)21/h3-10,13-14H,11-12H2,1-2H3,(H,24,27)/b22-13-. The number of nitrogens with zero attached hydrogens (tertiary/aromatic N) is 3. The van der Waals surface area contributed by atoms with Gasteiger partial charge in [-0.15, -0.1) is 0 Å². The SMILES string of the molecule is CC(C)CCOc1ccc(/C=N\n2c(-c3ccccc3F)n[nH]c2=S)cc1. The summed E-state index contributed by atoms with van der Waals surface area (Å²) in [5, 5.41) is 11.1. The third-order valence-corrected chi connectivity index (χ3v) is 4.20. The molecule has 0 aliphatic carbocycles. The second kappa shape index (κ2) is 8.73. The minimum Gasteiger partial charge on any atom is -0.494 e. The Morgan fingerprint density at radius 2 is 1.96 bits per heavy atom. The highest BCUT2D eigenvalue weighted by Gasteiger charge is 2.12. The predicted octanol–water partition coefficient (Wildman–Crippen LogP) is 5.05. The van der Waals surface area contributed by atoms with Crippen molar-refractivity contribution in [2.24, 2.45) is 11.0 Å². The number of halogens is 1. The van der Waals surface area contributed by atoms with Crippen LogP contribution in [0.2, 0.25) is 0 Å². The Labute approximate surface area is 162 Å². The second-order valence-electron chi connectivity index (χ2n) is 6.49. The number of aromatic nitrogens is 3. The van der Waals surface area contributed by atoms with Crippen molar-refractivity contribution in [3.63, 3.8) is 0 Å². The molecule has 0 atom stereocenters. The summed E-state index contributed by atoms with van der Waals surface area (Å²) in [5.74, 6) is 1.37. The summed E-state index contributed by atoms with van der Waals surface area (Å²) >= 11 is 5.21. The minimum atomic E-state index is -0.383. The first-order valence-electron chi connectivity index (χ1n) is 8.74. The van der Waals surface area contributed by atoms with Crippen molar-refractivity contribution in [2.75, 3.05) is 6.61 Å². The van der Waals surface area contributed by atoms with Gasteiger partial charge in [0.25, 0.3) is 0 Å². The van der Waals surface area contributed by atoms with Gasteiger partial charge in [-0.3, -0.25) is 0 Å². The molecule has 3 aromatic rings. The van der Waals surface area contributed by atoms with Gasteiger partial charge in [0.2, 0.25) is 4.77 Å². The molecule has 27 heavy (non-hydrogen) atoms. The van der Waals surface area contributed by atoms with Crippen molar-refractivity contribution in [3.8, 4) is 17.1 Å². The van der Waals surface area contributed by atoms with Gasteiger partial charge in [-0.25, -0.2) is 9.49 Å². The van der Waals surface area contributed by atoms with Gasteiger partial charge in [-0.05, 0) is 66.5 Å².